The fourth-order valence-corrected chi connectivity index (χ4v) is 2.74. The van der Waals surface area contributed by atoms with Gasteiger partial charge in [-0.2, -0.15) is 0 Å². The van der Waals surface area contributed by atoms with Crippen molar-refractivity contribution in [3.63, 3.8) is 0 Å². The van der Waals surface area contributed by atoms with Crippen LogP contribution >= 0.6 is 0 Å². The minimum absolute atomic E-state index is 0.294. The van der Waals surface area contributed by atoms with Gasteiger partial charge in [-0.25, -0.2) is 4.98 Å². The van der Waals surface area contributed by atoms with Crippen LogP contribution in [0.15, 0.2) is 18.3 Å². The average Bonchev–Trinajstić information content (AvgIpc) is 2.63. The molecule has 0 aliphatic carbocycles. The van der Waals surface area contributed by atoms with Crippen molar-refractivity contribution in [2.24, 2.45) is 5.92 Å². The molecule has 0 aromatic carbocycles. The van der Waals surface area contributed by atoms with E-state index in [1.165, 1.54) is 6.42 Å². The maximum absolute atomic E-state index is 12.2. The van der Waals surface area contributed by atoms with Crippen LogP contribution in [0.25, 0.3) is 0 Å². The highest BCUT2D eigenvalue weighted by Crippen LogP contribution is 2.22. The Morgan fingerprint density at radius 2 is 2.25 bits per heavy atom. The summed E-state index contributed by atoms with van der Waals surface area (Å²) < 4.78 is 0. The molecule has 0 spiro atoms. The Balaban J connectivity index is 2.01. The topological polar surface area (TPSA) is 45.2 Å². The molecule has 1 saturated heterocycles. The molecule has 1 amide bonds. The van der Waals surface area contributed by atoms with Crippen molar-refractivity contribution in [2.75, 3.05) is 18.4 Å². The molecule has 1 aromatic rings. The van der Waals surface area contributed by atoms with Crippen molar-refractivity contribution in [1.29, 1.82) is 0 Å². The van der Waals surface area contributed by atoms with Gasteiger partial charge in [0.05, 0.1) is 0 Å². The van der Waals surface area contributed by atoms with Crippen LogP contribution in [-0.4, -0.2) is 28.9 Å². The van der Waals surface area contributed by atoms with Crippen molar-refractivity contribution in [3.8, 4) is 0 Å². The zero-order valence-electron chi connectivity index (χ0n) is 12.6. The summed E-state index contributed by atoms with van der Waals surface area (Å²) in [5.74, 6) is 1.89. The number of anilines is 1. The highest BCUT2D eigenvalue weighted by molar-refractivity contribution is 5.76. The summed E-state index contributed by atoms with van der Waals surface area (Å²) in [4.78, 5) is 18.5. The monoisotopic (exact) mass is 275 g/mol. The van der Waals surface area contributed by atoms with Crippen LogP contribution in [0.3, 0.4) is 0 Å². The third-order valence-corrected chi connectivity index (χ3v) is 4.06. The smallest absolute Gasteiger partial charge is 0.222 e. The number of hydrogen-bond acceptors (Lipinski definition) is 3. The summed E-state index contributed by atoms with van der Waals surface area (Å²) in [5, 5.41) is 3.21. The average molecular weight is 275 g/mol. The molecule has 110 valence electrons. The standard InChI is InChI=1S/C16H25N3O/c1-3-13-5-6-16(20)19(10-8-13)12-14-7-9-18-15(11-14)17-4-2/h7,9,11,13H,3-6,8,10,12H2,1-2H3,(H,17,18). The van der Waals surface area contributed by atoms with Gasteiger partial charge in [-0.15, -0.1) is 0 Å². The SMILES string of the molecule is CCNc1cc(CN2CCC(CC)CCC2=O)ccn1. The summed E-state index contributed by atoms with van der Waals surface area (Å²) in [6.07, 6.45) is 5.87. The maximum Gasteiger partial charge on any atom is 0.222 e. The van der Waals surface area contributed by atoms with E-state index >= 15 is 0 Å². The Morgan fingerprint density at radius 3 is 3.00 bits per heavy atom. The molecule has 0 bridgehead atoms. The Morgan fingerprint density at radius 1 is 1.40 bits per heavy atom. The molecule has 1 aliphatic rings. The number of rotatable bonds is 5. The second-order valence-corrected chi connectivity index (χ2v) is 5.50. The summed E-state index contributed by atoms with van der Waals surface area (Å²) in [5.41, 5.74) is 1.15. The third kappa shape index (κ3) is 3.95. The van der Waals surface area contributed by atoms with E-state index in [1.54, 1.807) is 0 Å². The summed E-state index contributed by atoms with van der Waals surface area (Å²) in [7, 11) is 0. The minimum Gasteiger partial charge on any atom is -0.370 e. The van der Waals surface area contributed by atoms with Crippen molar-refractivity contribution >= 4 is 11.7 Å². The Labute approximate surface area is 121 Å². The van der Waals surface area contributed by atoms with Crippen molar-refractivity contribution in [2.45, 2.75) is 46.1 Å². The molecule has 0 saturated carbocycles. The van der Waals surface area contributed by atoms with Crippen molar-refractivity contribution in [3.05, 3.63) is 23.9 Å². The maximum atomic E-state index is 12.2. The summed E-state index contributed by atoms with van der Waals surface area (Å²) in [6.45, 7) is 6.72. The van der Waals surface area contributed by atoms with Gasteiger partial charge in [0.1, 0.15) is 5.82 Å². The number of nitrogens with one attached hydrogen (secondary N) is 1. The zero-order valence-corrected chi connectivity index (χ0v) is 12.6. The van der Waals surface area contributed by atoms with Gasteiger partial charge in [-0.05, 0) is 43.4 Å². The van der Waals surface area contributed by atoms with Gasteiger partial charge in [-0.3, -0.25) is 4.79 Å². The van der Waals surface area contributed by atoms with Gasteiger partial charge in [-0.1, -0.05) is 13.3 Å². The predicted octanol–water partition coefficient (Wildman–Crippen LogP) is 3.05. The molecular weight excluding hydrogens is 250 g/mol. The zero-order chi connectivity index (χ0) is 14.4. The number of amides is 1. The molecule has 1 unspecified atom stereocenters. The van der Waals surface area contributed by atoms with Crippen LogP contribution < -0.4 is 5.32 Å². The molecule has 1 aromatic heterocycles. The van der Waals surface area contributed by atoms with E-state index < -0.39 is 0 Å². The van der Waals surface area contributed by atoms with Crippen LogP contribution in [-0.2, 0) is 11.3 Å². The number of aromatic nitrogens is 1. The molecule has 20 heavy (non-hydrogen) atoms. The molecule has 1 aliphatic heterocycles. The first kappa shape index (κ1) is 14.8. The second kappa shape index (κ2) is 7.27. The first-order valence-corrected chi connectivity index (χ1v) is 7.69. The molecule has 1 atom stereocenters. The van der Waals surface area contributed by atoms with Gasteiger partial charge >= 0.3 is 0 Å². The number of carbonyl (C=O) groups excluding carboxylic acids is 1. The van der Waals surface area contributed by atoms with E-state index in [-0.39, 0.29) is 0 Å². The number of carbonyl (C=O) groups is 1. The lowest BCUT2D eigenvalue weighted by molar-refractivity contribution is -0.131. The molecular formula is C16H25N3O. The molecule has 2 heterocycles. The van der Waals surface area contributed by atoms with Crippen LogP contribution in [0.4, 0.5) is 5.82 Å². The van der Waals surface area contributed by atoms with Crippen LogP contribution in [0.1, 0.15) is 45.1 Å². The van der Waals surface area contributed by atoms with Crippen molar-refractivity contribution < 1.29 is 4.79 Å². The highest BCUT2D eigenvalue weighted by Gasteiger charge is 2.21. The lowest BCUT2D eigenvalue weighted by Crippen LogP contribution is -2.29. The normalized spacial score (nSPS) is 19.8. The van der Waals surface area contributed by atoms with Gasteiger partial charge in [0, 0.05) is 32.3 Å². The fraction of sp³-hybridized carbons (Fsp3) is 0.625. The third-order valence-electron chi connectivity index (χ3n) is 4.06. The Kier molecular flexibility index (Phi) is 5.39. The van der Waals surface area contributed by atoms with Crippen LogP contribution in [0.5, 0.6) is 0 Å². The van der Waals surface area contributed by atoms with Gasteiger partial charge in [0.2, 0.25) is 5.91 Å². The first-order valence-electron chi connectivity index (χ1n) is 7.69. The Bertz CT molecular complexity index is 447. The van der Waals surface area contributed by atoms with E-state index in [9.17, 15) is 4.79 Å². The van der Waals surface area contributed by atoms with Gasteiger partial charge in [0.25, 0.3) is 0 Å². The van der Waals surface area contributed by atoms with E-state index in [2.05, 4.69) is 24.1 Å². The molecule has 0 radical (unpaired) electrons. The lowest BCUT2D eigenvalue weighted by Gasteiger charge is -2.21. The number of likely N-dealkylation sites (tertiary alicyclic amines) is 1. The van der Waals surface area contributed by atoms with E-state index in [0.717, 1.165) is 37.3 Å². The molecule has 4 heteroatoms. The first-order chi connectivity index (χ1) is 9.72. The quantitative estimate of drug-likeness (QED) is 0.898. The second-order valence-electron chi connectivity index (χ2n) is 5.50. The van der Waals surface area contributed by atoms with Crippen molar-refractivity contribution in [1.82, 2.24) is 9.88 Å². The van der Waals surface area contributed by atoms with Crippen LogP contribution in [0.2, 0.25) is 0 Å². The number of pyridine rings is 1. The molecule has 4 nitrogen and oxygen atoms in total. The van der Waals surface area contributed by atoms with Gasteiger partial charge in [0.15, 0.2) is 0 Å². The Hall–Kier alpha value is -1.58. The molecule has 1 fully saturated rings. The number of hydrogen-bond donors (Lipinski definition) is 1. The molecule has 2 rings (SSSR count). The van der Waals surface area contributed by atoms with E-state index in [1.807, 2.05) is 23.2 Å². The largest absolute Gasteiger partial charge is 0.370 e. The van der Waals surface area contributed by atoms with Crippen LogP contribution in [0, 0.1) is 5.92 Å². The van der Waals surface area contributed by atoms with Gasteiger partial charge < -0.3 is 10.2 Å². The van der Waals surface area contributed by atoms with E-state index in [4.69, 9.17) is 0 Å². The lowest BCUT2D eigenvalue weighted by atomic mass is 9.98. The predicted molar refractivity (Wildman–Crippen MR) is 81.4 cm³/mol. The fourth-order valence-electron chi connectivity index (χ4n) is 2.74. The minimum atomic E-state index is 0.294. The summed E-state index contributed by atoms with van der Waals surface area (Å²) in [6, 6.07) is 4.04. The summed E-state index contributed by atoms with van der Waals surface area (Å²) >= 11 is 0. The van der Waals surface area contributed by atoms with E-state index in [0.29, 0.717) is 24.8 Å². The highest BCUT2D eigenvalue weighted by atomic mass is 16.2. The molecule has 1 N–H and O–H groups in total. The number of nitrogens with zero attached hydrogens (tertiary/aromatic N) is 2.